The predicted octanol–water partition coefficient (Wildman–Crippen LogP) is 3.76. The topological polar surface area (TPSA) is 56.2 Å². The number of carbonyl (C=O) groups excluding carboxylic acids is 1. The molecule has 17 heavy (non-hydrogen) atoms. The van der Waals surface area contributed by atoms with Gasteiger partial charge in [-0.05, 0) is 56.1 Å². The SMILES string of the molecule is Nc1cc(C(=O)c2ccc(Br)o2)c(Br)cc1F. The van der Waals surface area contributed by atoms with Crippen LogP contribution in [0.1, 0.15) is 16.1 Å². The average molecular weight is 363 g/mol. The van der Waals surface area contributed by atoms with Crippen LogP contribution in [0.4, 0.5) is 10.1 Å². The minimum Gasteiger partial charge on any atom is -0.446 e. The molecule has 1 heterocycles. The summed E-state index contributed by atoms with van der Waals surface area (Å²) in [6, 6.07) is 5.56. The lowest BCUT2D eigenvalue weighted by Crippen LogP contribution is -2.03. The highest BCUT2D eigenvalue weighted by atomic mass is 79.9. The van der Waals surface area contributed by atoms with E-state index < -0.39 is 5.82 Å². The number of benzene rings is 1. The van der Waals surface area contributed by atoms with Crippen LogP contribution in [-0.4, -0.2) is 5.78 Å². The lowest BCUT2D eigenvalue weighted by atomic mass is 10.1. The Bertz CT molecular complexity index is 595. The normalized spacial score (nSPS) is 10.5. The Balaban J connectivity index is 2.47. The molecule has 0 unspecified atom stereocenters. The summed E-state index contributed by atoms with van der Waals surface area (Å²) in [5.41, 5.74) is 5.60. The average Bonchev–Trinajstić information content (AvgIpc) is 2.69. The van der Waals surface area contributed by atoms with Crippen molar-refractivity contribution in [2.75, 3.05) is 5.73 Å². The van der Waals surface area contributed by atoms with Crippen LogP contribution in [0, 0.1) is 5.82 Å². The summed E-state index contributed by atoms with van der Waals surface area (Å²) in [5, 5.41) is 0. The Hall–Kier alpha value is -1.14. The van der Waals surface area contributed by atoms with Gasteiger partial charge in [-0.25, -0.2) is 4.39 Å². The second-order valence-electron chi connectivity index (χ2n) is 3.29. The fourth-order valence-electron chi connectivity index (χ4n) is 1.31. The van der Waals surface area contributed by atoms with Gasteiger partial charge in [0, 0.05) is 10.0 Å². The molecule has 0 amide bonds. The maximum absolute atomic E-state index is 13.1. The van der Waals surface area contributed by atoms with Crippen molar-refractivity contribution < 1.29 is 13.6 Å². The Morgan fingerprint density at radius 3 is 2.59 bits per heavy atom. The van der Waals surface area contributed by atoms with E-state index >= 15 is 0 Å². The molecule has 0 bridgehead atoms. The van der Waals surface area contributed by atoms with Crippen LogP contribution in [0.5, 0.6) is 0 Å². The maximum Gasteiger partial charge on any atom is 0.229 e. The molecule has 2 N–H and O–H groups in total. The summed E-state index contributed by atoms with van der Waals surface area (Å²) >= 11 is 6.22. The number of hydrogen-bond acceptors (Lipinski definition) is 3. The molecular weight excluding hydrogens is 357 g/mol. The number of nitrogen functional groups attached to an aromatic ring is 1. The van der Waals surface area contributed by atoms with Gasteiger partial charge < -0.3 is 10.2 Å². The summed E-state index contributed by atoms with van der Waals surface area (Å²) in [5.74, 6) is -0.785. The Kier molecular flexibility index (Phi) is 3.35. The van der Waals surface area contributed by atoms with Crippen LogP contribution in [0.15, 0.2) is 37.8 Å². The number of nitrogens with two attached hydrogens (primary N) is 1. The summed E-state index contributed by atoms with van der Waals surface area (Å²) in [6.07, 6.45) is 0. The van der Waals surface area contributed by atoms with Crippen molar-refractivity contribution in [2.24, 2.45) is 0 Å². The molecular formula is C11H6Br2FNO2. The van der Waals surface area contributed by atoms with E-state index in [0.29, 0.717) is 9.14 Å². The largest absolute Gasteiger partial charge is 0.446 e. The maximum atomic E-state index is 13.1. The number of carbonyl (C=O) groups is 1. The second-order valence-corrected chi connectivity index (χ2v) is 4.92. The molecule has 0 saturated carbocycles. The van der Waals surface area contributed by atoms with Gasteiger partial charge in [-0.1, -0.05) is 0 Å². The molecule has 0 aliphatic carbocycles. The van der Waals surface area contributed by atoms with Crippen molar-refractivity contribution >= 4 is 43.3 Å². The zero-order chi connectivity index (χ0) is 12.6. The van der Waals surface area contributed by atoms with Crippen LogP contribution in [0.3, 0.4) is 0 Å². The molecule has 3 nitrogen and oxygen atoms in total. The van der Waals surface area contributed by atoms with Crippen LogP contribution in [-0.2, 0) is 0 Å². The summed E-state index contributed by atoms with van der Waals surface area (Å²) in [7, 11) is 0. The van der Waals surface area contributed by atoms with Gasteiger partial charge in [-0.3, -0.25) is 4.79 Å². The molecule has 2 aromatic rings. The molecule has 2 rings (SSSR count). The van der Waals surface area contributed by atoms with E-state index in [1.807, 2.05) is 0 Å². The third-order valence-corrected chi connectivity index (χ3v) is 3.21. The first kappa shape index (κ1) is 12.3. The van der Waals surface area contributed by atoms with E-state index in [2.05, 4.69) is 31.9 Å². The third-order valence-electron chi connectivity index (χ3n) is 2.13. The molecule has 1 aromatic heterocycles. The van der Waals surface area contributed by atoms with Gasteiger partial charge in [0.15, 0.2) is 10.4 Å². The van der Waals surface area contributed by atoms with Crippen LogP contribution in [0.2, 0.25) is 0 Å². The molecule has 0 saturated heterocycles. The van der Waals surface area contributed by atoms with Gasteiger partial charge >= 0.3 is 0 Å². The summed E-state index contributed by atoms with van der Waals surface area (Å²) in [4.78, 5) is 12.0. The van der Waals surface area contributed by atoms with Gasteiger partial charge in [-0.2, -0.15) is 0 Å². The minimum absolute atomic E-state index is 0.0813. The van der Waals surface area contributed by atoms with E-state index in [1.54, 1.807) is 6.07 Å². The molecule has 0 atom stereocenters. The highest BCUT2D eigenvalue weighted by molar-refractivity contribution is 9.10. The molecule has 0 aliphatic rings. The molecule has 0 spiro atoms. The number of hydrogen-bond donors (Lipinski definition) is 1. The Morgan fingerprint density at radius 2 is 2.00 bits per heavy atom. The fourth-order valence-corrected chi connectivity index (χ4v) is 2.11. The third kappa shape index (κ3) is 2.42. The first-order valence-electron chi connectivity index (χ1n) is 4.53. The number of ketones is 1. The van der Waals surface area contributed by atoms with Crippen LogP contribution >= 0.6 is 31.9 Å². The highest BCUT2D eigenvalue weighted by Gasteiger charge is 2.18. The smallest absolute Gasteiger partial charge is 0.229 e. The quantitative estimate of drug-likeness (QED) is 0.653. The van der Waals surface area contributed by atoms with Crippen LogP contribution in [0.25, 0.3) is 0 Å². The van der Waals surface area contributed by atoms with Crippen molar-refractivity contribution in [3.63, 3.8) is 0 Å². The number of rotatable bonds is 2. The first-order valence-corrected chi connectivity index (χ1v) is 6.12. The van der Waals surface area contributed by atoms with Gasteiger partial charge in [0.25, 0.3) is 0 Å². The van der Waals surface area contributed by atoms with Gasteiger partial charge in [0.2, 0.25) is 5.78 Å². The van der Waals surface area contributed by atoms with E-state index in [0.717, 1.165) is 6.07 Å². The fraction of sp³-hybridized carbons (Fsp3) is 0. The number of furan rings is 1. The molecule has 0 aliphatic heterocycles. The van der Waals surface area contributed by atoms with Gasteiger partial charge in [-0.15, -0.1) is 0 Å². The first-order chi connectivity index (χ1) is 7.99. The lowest BCUT2D eigenvalue weighted by molar-refractivity contribution is 0.101. The zero-order valence-electron chi connectivity index (χ0n) is 8.34. The van der Waals surface area contributed by atoms with Crippen molar-refractivity contribution in [3.8, 4) is 0 Å². The number of anilines is 1. The van der Waals surface area contributed by atoms with Gasteiger partial charge in [0.1, 0.15) is 5.82 Å². The lowest BCUT2D eigenvalue weighted by Gasteiger charge is -2.04. The Labute approximate surface area is 113 Å². The van der Waals surface area contributed by atoms with E-state index in [9.17, 15) is 9.18 Å². The number of halogens is 3. The minimum atomic E-state index is -0.575. The monoisotopic (exact) mass is 361 g/mol. The van der Waals surface area contributed by atoms with E-state index in [4.69, 9.17) is 10.2 Å². The standard InChI is InChI=1S/C11H6Br2FNO2/c12-6-4-7(14)8(15)3-5(6)11(16)9-1-2-10(13)17-9/h1-4H,15H2. The van der Waals surface area contributed by atoms with Crippen molar-refractivity contribution in [3.05, 3.63) is 50.5 Å². The van der Waals surface area contributed by atoms with Crippen molar-refractivity contribution in [1.82, 2.24) is 0 Å². The molecule has 88 valence electrons. The Morgan fingerprint density at radius 1 is 1.29 bits per heavy atom. The van der Waals surface area contributed by atoms with Crippen molar-refractivity contribution in [1.29, 1.82) is 0 Å². The van der Waals surface area contributed by atoms with E-state index in [-0.39, 0.29) is 22.8 Å². The molecule has 0 radical (unpaired) electrons. The summed E-state index contributed by atoms with van der Waals surface area (Å²) < 4.78 is 19.1. The van der Waals surface area contributed by atoms with Crippen LogP contribution < -0.4 is 5.73 Å². The predicted molar refractivity (Wildman–Crippen MR) is 68.4 cm³/mol. The van der Waals surface area contributed by atoms with Crippen molar-refractivity contribution in [2.45, 2.75) is 0 Å². The molecule has 0 fully saturated rings. The summed E-state index contributed by atoms with van der Waals surface area (Å²) in [6.45, 7) is 0. The molecule has 1 aromatic carbocycles. The molecule has 6 heteroatoms. The zero-order valence-corrected chi connectivity index (χ0v) is 11.5. The highest BCUT2D eigenvalue weighted by Crippen LogP contribution is 2.26. The second kappa shape index (κ2) is 4.62. The van der Waals surface area contributed by atoms with Gasteiger partial charge in [0.05, 0.1) is 5.69 Å². The van der Waals surface area contributed by atoms with E-state index in [1.165, 1.54) is 12.1 Å².